The Hall–Kier alpha value is -3.70. The van der Waals surface area contributed by atoms with Crippen LogP contribution in [0.15, 0.2) is 89.9 Å². The molecule has 4 rings (SSSR count). The van der Waals surface area contributed by atoms with Gasteiger partial charge in [0.2, 0.25) is 0 Å². The molecule has 1 heterocycles. The number of rotatable bonds is 5. The Balaban J connectivity index is 1.66. The van der Waals surface area contributed by atoms with Crippen molar-refractivity contribution in [1.29, 1.82) is 0 Å². The lowest BCUT2D eigenvalue weighted by Crippen LogP contribution is -2.16. The van der Waals surface area contributed by atoms with Crippen molar-refractivity contribution in [2.75, 3.05) is 0 Å². The zero-order valence-corrected chi connectivity index (χ0v) is 16.4. The highest BCUT2D eigenvalue weighted by atomic mass is 35.5. The molecule has 0 fully saturated rings. The summed E-state index contributed by atoms with van der Waals surface area (Å²) in [6, 6.07) is 19.8. The van der Waals surface area contributed by atoms with Crippen LogP contribution >= 0.6 is 11.6 Å². The summed E-state index contributed by atoms with van der Waals surface area (Å²) in [6.45, 7) is 0. The van der Waals surface area contributed by atoms with Gasteiger partial charge in [-0.2, -0.15) is 0 Å². The summed E-state index contributed by atoms with van der Waals surface area (Å²) in [7, 11) is 0. The Bertz CT molecular complexity index is 1290. The zero-order chi connectivity index (χ0) is 21.1. The van der Waals surface area contributed by atoms with Crippen molar-refractivity contribution < 1.29 is 9.18 Å². The van der Waals surface area contributed by atoms with Crippen LogP contribution in [0.3, 0.4) is 0 Å². The number of benzene rings is 3. The highest BCUT2D eigenvalue weighted by molar-refractivity contribution is 6.30. The van der Waals surface area contributed by atoms with E-state index >= 15 is 0 Å². The molecule has 0 bridgehead atoms. The van der Waals surface area contributed by atoms with Crippen molar-refractivity contribution >= 4 is 23.5 Å². The second-order valence-electron chi connectivity index (χ2n) is 6.62. The molecule has 0 radical (unpaired) electrons. The fourth-order valence-corrected chi connectivity index (χ4v) is 3.22. The molecule has 1 N–H and O–H groups in total. The molecule has 0 saturated heterocycles. The number of carbonyl (C=O) groups excluding carboxylic acids is 1. The predicted molar refractivity (Wildman–Crippen MR) is 117 cm³/mol. The van der Waals surface area contributed by atoms with E-state index in [0.29, 0.717) is 27.5 Å². The smallest absolute Gasteiger partial charge is 0.312 e. The largest absolute Gasteiger partial charge is 0.330 e. The van der Waals surface area contributed by atoms with Crippen molar-refractivity contribution in [2.24, 2.45) is 0 Å². The predicted octanol–water partition coefficient (Wildman–Crippen LogP) is 5.52. The third-order valence-corrected chi connectivity index (χ3v) is 4.85. The SMILES string of the molecule is O=C(C=Cc1ccc(Cl)cc1)c1cccc(-n2c(-c3ccc(F)cc3)c[nH]c2=O)c1. The minimum atomic E-state index is -0.358. The van der Waals surface area contributed by atoms with E-state index in [2.05, 4.69) is 4.98 Å². The van der Waals surface area contributed by atoms with Crippen LogP contribution in [0.1, 0.15) is 15.9 Å². The Kier molecular flexibility index (Phi) is 5.46. The second kappa shape index (κ2) is 8.35. The van der Waals surface area contributed by atoms with Crippen LogP contribution in [0.25, 0.3) is 23.0 Å². The standard InChI is InChI=1S/C24H16ClFN2O2/c25-19-9-4-16(5-10-19)6-13-23(29)18-2-1-3-21(14-18)28-22(15-27-24(28)30)17-7-11-20(26)12-8-17/h1-15H,(H,27,30). The quantitative estimate of drug-likeness (QED) is 0.342. The van der Waals surface area contributed by atoms with Crippen LogP contribution in [-0.2, 0) is 0 Å². The molecule has 148 valence electrons. The monoisotopic (exact) mass is 418 g/mol. The Morgan fingerprint density at radius 2 is 1.73 bits per heavy atom. The number of hydrogen-bond acceptors (Lipinski definition) is 2. The summed E-state index contributed by atoms with van der Waals surface area (Å²) in [5.74, 6) is -0.554. The van der Waals surface area contributed by atoms with E-state index in [0.717, 1.165) is 5.56 Å². The maximum atomic E-state index is 13.3. The molecular weight excluding hydrogens is 403 g/mol. The third-order valence-electron chi connectivity index (χ3n) is 4.60. The average Bonchev–Trinajstić information content (AvgIpc) is 3.15. The summed E-state index contributed by atoms with van der Waals surface area (Å²) in [5.41, 5.74) is 2.72. The molecule has 0 aliphatic heterocycles. The summed E-state index contributed by atoms with van der Waals surface area (Å²) in [6.07, 6.45) is 4.74. The van der Waals surface area contributed by atoms with E-state index in [1.807, 2.05) is 12.1 Å². The minimum Gasteiger partial charge on any atom is -0.312 e. The first-order valence-corrected chi connectivity index (χ1v) is 9.54. The van der Waals surface area contributed by atoms with Crippen molar-refractivity contribution in [2.45, 2.75) is 0 Å². The van der Waals surface area contributed by atoms with Gasteiger partial charge in [0.25, 0.3) is 0 Å². The Morgan fingerprint density at radius 1 is 1.00 bits per heavy atom. The van der Waals surface area contributed by atoms with Gasteiger partial charge in [0, 0.05) is 22.3 Å². The molecule has 4 nitrogen and oxygen atoms in total. The topological polar surface area (TPSA) is 54.9 Å². The molecule has 1 aromatic heterocycles. The number of halogens is 2. The lowest BCUT2D eigenvalue weighted by molar-refractivity contribution is 0.104. The van der Waals surface area contributed by atoms with Gasteiger partial charge in [-0.15, -0.1) is 0 Å². The first-order chi connectivity index (χ1) is 14.5. The van der Waals surface area contributed by atoms with Gasteiger partial charge in [0.05, 0.1) is 11.4 Å². The number of imidazole rings is 1. The highest BCUT2D eigenvalue weighted by Crippen LogP contribution is 2.22. The molecule has 30 heavy (non-hydrogen) atoms. The van der Waals surface area contributed by atoms with Gasteiger partial charge in [0.15, 0.2) is 5.78 Å². The molecule has 0 aliphatic carbocycles. The number of aromatic nitrogens is 2. The van der Waals surface area contributed by atoms with Gasteiger partial charge in [0.1, 0.15) is 5.82 Å². The fourth-order valence-electron chi connectivity index (χ4n) is 3.10. The van der Waals surface area contributed by atoms with Crippen molar-refractivity contribution in [3.63, 3.8) is 0 Å². The molecule has 6 heteroatoms. The molecule has 0 spiro atoms. The molecule has 4 aromatic rings. The number of aromatic amines is 1. The average molecular weight is 419 g/mol. The number of H-pyrrole nitrogens is 1. The van der Waals surface area contributed by atoms with Crippen molar-refractivity contribution in [3.05, 3.63) is 118 Å². The lowest BCUT2D eigenvalue weighted by atomic mass is 10.1. The Morgan fingerprint density at radius 3 is 2.47 bits per heavy atom. The maximum Gasteiger partial charge on any atom is 0.330 e. The molecule has 0 atom stereocenters. The molecule has 0 amide bonds. The van der Waals surface area contributed by atoms with Gasteiger partial charge in [-0.25, -0.2) is 9.18 Å². The fraction of sp³-hybridized carbons (Fsp3) is 0. The first-order valence-electron chi connectivity index (χ1n) is 9.16. The number of allylic oxidation sites excluding steroid dienone is 1. The van der Waals surface area contributed by atoms with E-state index in [1.54, 1.807) is 60.8 Å². The number of nitrogens with zero attached hydrogens (tertiary/aromatic N) is 1. The second-order valence-corrected chi connectivity index (χ2v) is 7.06. The van der Waals surface area contributed by atoms with Crippen molar-refractivity contribution in [1.82, 2.24) is 9.55 Å². The number of ketones is 1. The molecular formula is C24H16ClFN2O2. The van der Waals surface area contributed by atoms with Crippen LogP contribution in [0.4, 0.5) is 4.39 Å². The van der Waals surface area contributed by atoms with Gasteiger partial charge >= 0.3 is 5.69 Å². The van der Waals surface area contributed by atoms with E-state index in [4.69, 9.17) is 11.6 Å². The zero-order valence-electron chi connectivity index (χ0n) is 15.7. The van der Waals surface area contributed by atoms with E-state index < -0.39 is 0 Å². The lowest BCUT2D eigenvalue weighted by Gasteiger charge is -2.09. The summed E-state index contributed by atoms with van der Waals surface area (Å²) < 4.78 is 14.7. The molecule has 3 aromatic carbocycles. The molecule has 0 saturated carbocycles. The number of carbonyl (C=O) groups is 1. The van der Waals surface area contributed by atoms with Crippen molar-refractivity contribution in [3.8, 4) is 16.9 Å². The summed E-state index contributed by atoms with van der Waals surface area (Å²) >= 11 is 5.87. The maximum absolute atomic E-state index is 13.3. The summed E-state index contributed by atoms with van der Waals surface area (Å²) in [4.78, 5) is 27.7. The van der Waals surface area contributed by atoms with Crippen LogP contribution in [-0.4, -0.2) is 15.3 Å². The Labute approximate surface area is 176 Å². The van der Waals surface area contributed by atoms with Crippen LogP contribution < -0.4 is 5.69 Å². The molecule has 0 unspecified atom stereocenters. The van der Waals surface area contributed by atoms with E-state index in [9.17, 15) is 14.0 Å². The minimum absolute atomic E-state index is 0.196. The molecule has 0 aliphatic rings. The van der Waals surface area contributed by atoms with Gasteiger partial charge < -0.3 is 4.98 Å². The van der Waals surface area contributed by atoms with E-state index in [-0.39, 0.29) is 17.3 Å². The third kappa shape index (κ3) is 4.16. The van der Waals surface area contributed by atoms with Gasteiger partial charge in [-0.05, 0) is 60.2 Å². The van der Waals surface area contributed by atoms with Gasteiger partial charge in [-0.1, -0.05) is 41.9 Å². The van der Waals surface area contributed by atoms with Crippen LogP contribution in [0, 0.1) is 5.82 Å². The first kappa shape index (κ1) is 19.6. The van der Waals surface area contributed by atoms with E-state index in [1.165, 1.54) is 22.8 Å². The highest BCUT2D eigenvalue weighted by Gasteiger charge is 2.12. The number of nitrogens with one attached hydrogen (secondary N) is 1. The van der Waals surface area contributed by atoms with Gasteiger partial charge in [-0.3, -0.25) is 9.36 Å². The van der Waals surface area contributed by atoms with Crippen LogP contribution in [0.5, 0.6) is 0 Å². The van der Waals surface area contributed by atoms with Crippen LogP contribution in [0.2, 0.25) is 5.02 Å². The normalized spacial score (nSPS) is 11.1. The number of hydrogen-bond donors (Lipinski definition) is 1. The summed E-state index contributed by atoms with van der Waals surface area (Å²) in [5, 5.41) is 0.625.